The van der Waals surface area contributed by atoms with Gasteiger partial charge in [0.05, 0.1) is 0 Å². The van der Waals surface area contributed by atoms with Crippen LogP contribution < -0.4 is 5.32 Å². The van der Waals surface area contributed by atoms with E-state index in [1.54, 1.807) is 6.08 Å². The van der Waals surface area contributed by atoms with E-state index in [9.17, 15) is 4.79 Å². The van der Waals surface area contributed by atoms with Crippen molar-refractivity contribution in [3.8, 4) is 0 Å². The van der Waals surface area contributed by atoms with E-state index in [4.69, 9.17) is 0 Å². The van der Waals surface area contributed by atoms with Crippen molar-refractivity contribution in [1.29, 1.82) is 0 Å². The van der Waals surface area contributed by atoms with Crippen LogP contribution in [0.5, 0.6) is 0 Å². The molecule has 0 unspecified atom stereocenters. The minimum atomic E-state index is -0.0843. The zero-order valence-corrected chi connectivity index (χ0v) is 16.4. The van der Waals surface area contributed by atoms with Crippen molar-refractivity contribution in [3.63, 3.8) is 0 Å². The molecule has 0 aliphatic heterocycles. The highest BCUT2D eigenvalue weighted by molar-refractivity contribution is 5.87. The third-order valence-electron chi connectivity index (χ3n) is 3.60. The molecule has 0 atom stereocenters. The molecule has 0 saturated heterocycles. The molecule has 0 aliphatic carbocycles. The molecule has 136 valence electrons. The van der Waals surface area contributed by atoms with Crippen LogP contribution in [0.2, 0.25) is 0 Å². The summed E-state index contributed by atoms with van der Waals surface area (Å²) in [7, 11) is 0. The Balaban J connectivity index is 4.33. The SMILES string of the molecule is C=C/C(C)=C\C=C(/C)CCNC(=O)/C=C/C=C/C=C(\C=C)C(C)(C)C. The van der Waals surface area contributed by atoms with E-state index in [2.05, 4.69) is 52.2 Å². The van der Waals surface area contributed by atoms with Gasteiger partial charge in [0.15, 0.2) is 0 Å². The van der Waals surface area contributed by atoms with Crippen LogP contribution in [0, 0.1) is 5.41 Å². The third-order valence-corrected chi connectivity index (χ3v) is 3.60. The van der Waals surface area contributed by atoms with E-state index in [0.29, 0.717) is 6.54 Å². The van der Waals surface area contributed by atoms with E-state index in [-0.39, 0.29) is 11.3 Å². The van der Waals surface area contributed by atoms with Gasteiger partial charge in [-0.3, -0.25) is 4.79 Å². The Morgan fingerprint density at radius 1 is 0.960 bits per heavy atom. The molecule has 0 aromatic heterocycles. The van der Waals surface area contributed by atoms with Gasteiger partial charge in [-0.15, -0.1) is 0 Å². The molecule has 1 N–H and O–H groups in total. The van der Waals surface area contributed by atoms with E-state index >= 15 is 0 Å². The number of allylic oxidation sites excluding steroid dienone is 10. The Hall–Kier alpha value is -2.35. The number of carbonyl (C=O) groups excluding carboxylic acids is 1. The van der Waals surface area contributed by atoms with Crippen molar-refractivity contribution < 1.29 is 4.79 Å². The standard InChI is InChI=1S/C23H33NO/c1-8-19(3)15-16-20(4)17-18-24-22(25)14-12-10-11-13-21(9-2)23(5,6)7/h8-16H,1-2,17-18H2,3-7H3,(H,24,25)/b11-10+,14-12+,19-15-,20-16+,21-13+. The molecular weight excluding hydrogens is 306 g/mol. The number of amides is 1. The molecule has 0 radical (unpaired) electrons. The second-order valence-corrected chi connectivity index (χ2v) is 6.99. The van der Waals surface area contributed by atoms with E-state index < -0.39 is 0 Å². The first-order chi connectivity index (χ1) is 11.7. The van der Waals surface area contributed by atoms with Crippen LogP contribution in [0.25, 0.3) is 0 Å². The second kappa shape index (κ2) is 12.1. The lowest BCUT2D eigenvalue weighted by Crippen LogP contribution is -2.22. The minimum Gasteiger partial charge on any atom is -0.352 e. The predicted octanol–water partition coefficient (Wildman–Crippen LogP) is 5.84. The minimum absolute atomic E-state index is 0.0674. The molecule has 0 rings (SSSR count). The van der Waals surface area contributed by atoms with Crippen LogP contribution >= 0.6 is 0 Å². The van der Waals surface area contributed by atoms with Crippen LogP contribution in [-0.4, -0.2) is 12.5 Å². The predicted molar refractivity (Wildman–Crippen MR) is 111 cm³/mol. The summed E-state index contributed by atoms with van der Waals surface area (Å²) in [5.41, 5.74) is 3.57. The largest absolute Gasteiger partial charge is 0.352 e. The molecule has 0 spiro atoms. The van der Waals surface area contributed by atoms with Gasteiger partial charge in [0, 0.05) is 12.6 Å². The fourth-order valence-corrected chi connectivity index (χ4v) is 1.86. The molecule has 0 saturated carbocycles. The molecule has 0 bridgehead atoms. The van der Waals surface area contributed by atoms with Gasteiger partial charge < -0.3 is 5.32 Å². The van der Waals surface area contributed by atoms with Gasteiger partial charge in [0.2, 0.25) is 5.91 Å². The van der Waals surface area contributed by atoms with E-state index in [1.807, 2.05) is 43.4 Å². The molecular formula is C23H33NO. The lowest BCUT2D eigenvalue weighted by Gasteiger charge is -2.19. The summed E-state index contributed by atoms with van der Waals surface area (Å²) in [5.74, 6) is -0.0843. The summed E-state index contributed by atoms with van der Waals surface area (Å²) in [6, 6.07) is 0. The first-order valence-corrected chi connectivity index (χ1v) is 8.63. The second-order valence-electron chi connectivity index (χ2n) is 6.99. The van der Waals surface area contributed by atoms with Crippen LogP contribution in [0.1, 0.15) is 41.0 Å². The number of nitrogens with one attached hydrogen (secondary N) is 1. The number of hydrogen-bond acceptors (Lipinski definition) is 1. The zero-order chi connectivity index (χ0) is 19.3. The maximum atomic E-state index is 11.7. The Morgan fingerprint density at radius 2 is 1.64 bits per heavy atom. The van der Waals surface area contributed by atoms with Gasteiger partial charge >= 0.3 is 0 Å². The number of carbonyl (C=O) groups is 1. The van der Waals surface area contributed by atoms with Crippen LogP contribution in [0.15, 0.2) is 84.6 Å². The molecule has 2 nitrogen and oxygen atoms in total. The lowest BCUT2D eigenvalue weighted by molar-refractivity contribution is -0.116. The number of rotatable bonds is 9. The average Bonchev–Trinajstić information content (AvgIpc) is 2.54. The maximum absolute atomic E-state index is 11.7. The van der Waals surface area contributed by atoms with E-state index in [1.165, 1.54) is 11.6 Å². The quantitative estimate of drug-likeness (QED) is 0.415. The molecule has 0 aromatic carbocycles. The molecule has 2 heteroatoms. The van der Waals surface area contributed by atoms with Crippen molar-refractivity contribution in [2.75, 3.05) is 6.54 Å². The topological polar surface area (TPSA) is 29.1 Å². The molecule has 0 fully saturated rings. The highest BCUT2D eigenvalue weighted by Crippen LogP contribution is 2.25. The Labute approximate surface area is 154 Å². The van der Waals surface area contributed by atoms with Crippen LogP contribution in [0.4, 0.5) is 0 Å². The molecule has 1 amide bonds. The summed E-state index contributed by atoms with van der Waals surface area (Å²) in [5, 5.41) is 2.88. The highest BCUT2D eigenvalue weighted by atomic mass is 16.1. The summed E-state index contributed by atoms with van der Waals surface area (Å²) in [6.45, 7) is 18.7. The van der Waals surface area contributed by atoms with Gasteiger partial charge in [-0.2, -0.15) is 0 Å². The lowest BCUT2D eigenvalue weighted by atomic mass is 9.86. The molecule has 0 aliphatic rings. The van der Waals surface area contributed by atoms with Gasteiger partial charge in [-0.05, 0) is 31.3 Å². The smallest absolute Gasteiger partial charge is 0.243 e. The summed E-state index contributed by atoms with van der Waals surface area (Å²) in [6.07, 6.45) is 17.7. The first kappa shape index (κ1) is 22.7. The van der Waals surface area contributed by atoms with Gasteiger partial charge in [-0.25, -0.2) is 0 Å². The monoisotopic (exact) mass is 339 g/mol. The van der Waals surface area contributed by atoms with Crippen LogP contribution in [-0.2, 0) is 4.79 Å². The molecule has 25 heavy (non-hydrogen) atoms. The van der Waals surface area contributed by atoms with E-state index in [0.717, 1.165) is 17.6 Å². The van der Waals surface area contributed by atoms with Crippen LogP contribution in [0.3, 0.4) is 0 Å². The van der Waals surface area contributed by atoms with Crippen molar-refractivity contribution >= 4 is 5.91 Å². The third kappa shape index (κ3) is 11.8. The number of hydrogen-bond donors (Lipinski definition) is 1. The summed E-state index contributed by atoms with van der Waals surface area (Å²) in [4.78, 5) is 11.7. The van der Waals surface area contributed by atoms with Gasteiger partial charge in [0.25, 0.3) is 0 Å². The van der Waals surface area contributed by atoms with Crippen molar-refractivity contribution in [2.24, 2.45) is 5.41 Å². The summed E-state index contributed by atoms with van der Waals surface area (Å²) >= 11 is 0. The van der Waals surface area contributed by atoms with Gasteiger partial charge in [-0.1, -0.05) is 93.7 Å². The Bertz CT molecular complexity index is 604. The normalized spacial score (nSPS) is 14.2. The Kier molecular flexibility index (Phi) is 10.9. The average molecular weight is 340 g/mol. The highest BCUT2D eigenvalue weighted by Gasteiger charge is 2.12. The fourth-order valence-electron chi connectivity index (χ4n) is 1.86. The fraction of sp³-hybridized carbons (Fsp3) is 0.348. The van der Waals surface area contributed by atoms with Crippen molar-refractivity contribution in [3.05, 3.63) is 84.6 Å². The van der Waals surface area contributed by atoms with Crippen molar-refractivity contribution in [1.82, 2.24) is 5.32 Å². The first-order valence-electron chi connectivity index (χ1n) is 8.63. The molecule has 0 heterocycles. The maximum Gasteiger partial charge on any atom is 0.243 e. The summed E-state index contributed by atoms with van der Waals surface area (Å²) < 4.78 is 0. The van der Waals surface area contributed by atoms with Crippen molar-refractivity contribution in [2.45, 2.75) is 41.0 Å². The Morgan fingerprint density at radius 3 is 2.20 bits per heavy atom. The zero-order valence-electron chi connectivity index (χ0n) is 16.4. The van der Waals surface area contributed by atoms with Gasteiger partial charge in [0.1, 0.15) is 0 Å². The molecule has 0 aromatic rings.